The van der Waals surface area contributed by atoms with Gasteiger partial charge in [0.1, 0.15) is 19.5 Å². The average Bonchev–Trinajstić information content (AvgIpc) is 3.12. The second-order valence-corrected chi connectivity index (χ2v) is 17.0. The second-order valence-electron chi connectivity index (χ2n) is 9.49. The lowest BCUT2D eigenvalue weighted by Crippen LogP contribution is -2.45. The van der Waals surface area contributed by atoms with Gasteiger partial charge in [0.2, 0.25) is 0 Å². The van der Waals surface area contributed by atoms with Crippen LogP contribution in [0.1, 0.15) is 11.1 Å². The maximum Gasteiger partial charge on any atom is 0.168 e. The fourth-order valence-corrected chi connectivity index (χ4v) is 13.3. The lowest BCUT2D eigenvalue weighted by molar-refractivity contribution is 0.464. The van der Waals surface area contributed by atoms with Crippen LogP contribution in [0.25, 0.3) is 0 Å². The number of allylic oxidation sites excluding steroid dienone is 4. The molecule has 1 aromatic rings. The van der Waals surface area contributed by atoms with Crippen LogP contribution >= 0.6 is 162 Å². The number of rotatable bonds is 4. The smallest absolute Gasteiger partial charge is 0.120 e. The van der Waals surface area contributed by atoms with Crippen LogP contribution in [0.5, 0.6) is 0 Å². The van der Waals surface area contributed by atoms with Crippen LogP contribution in [0.15, 0.2) is 44.4 Å². The molecule has 0 aliphatic heterocycles. The molecule has 4 aliphatic rings. The van der Waals surface area contributed by atoms with E-state index in [0.717, 1.165) is 11.1 Å². The molecule has 0 radical (unpaired) electrons. The fraction of sp³-hybridized carbons (Fsp3) is 0.545. The van der Waals surface area contributed by atoms with Crippen LogP contribution in [0.4, 0.5) is 0 Å². The molecule has 4 aliphatic carbocycles. The molecule has 8 unspecified atom stereocenters. The van der Waals surface area contributed by atoms with Crippen molar-refractivity contribution < 1.29 is 0 Å². The monoisotopic (exact) mass is 766 g/mol. The van der Waals surface area contributed by atoms with Gasteiger partial charge in [0.05, 0.1) is 30.9 Å². The molecule has 0 N–H and O–H groups in total. The molecule has 0 amide bonds. The second kappa shape index (κ2) is 9.13. The van der Waals surface area contributed by atoms with Crippen molar-refractivity contribution in [2.45, 2.75) is 51.8 Å². The normalized spacial score (nSPS) is 46.4. The summed E-state index contributed by atoms with van der Waals surface area (Å²) in [6.07, 6.45) is 0.771. The Labute approximate surface area is 278 Å². The summed E-state index contributed by atoms with van der Waals surface area (Å²) in [5.41, 5.74) is 1.78. The van der Waals surface area contributed by atoms with Gasteiger partial charge < -0.3 is 0 Å². The van der Waals surface area contributed by atoms with E-state index in [0.29, 0.717) is 12.8 Å². The van der Waals surface area contributed by atoms with Crippen LogP contribution in [0.2, 0.25) is 0 Å². The van der Waals surface area contributed by atoms with Crippen LogP contribution in [0, 0.1) is 11.8 Å². The first kappa shape index (κ1) is 30.2. The summed E-state index contributed by atoms with van der Waals surface area (Å²) in [6, 6.07) is 7.62. The highest BCUT2D eigenvalue weighted by Gasteiger charge is 2.83. The third-order valence-electron chi connectivity index (χ3n) is 7.91. The summed E-state index contributed by atoms with van der Waals surface area (Å²) < 4.78 is -3.41. The van der Waals surface area contributed by atoms with Crippen molar-refractivity contribution in [3.8, 4) is 0 Å². The lowest BCUT2D eigenvalue weighted by atomic mass is 9.84. The molecule has 0 heterocycles. The van der Waals surface area contributed by atoms with Gasteiger partial charge in [-0.3, -0.25) is 0 Å². The quantitative estimate of drug-likeness (QED) is 0.268. The summed E-state index contributed by atoms with van der Waals surface area (Å²) in [5.74, 6) is -1.01. The number of hydrogen-bond acceptors (Lipinski definition) is 0. The van der Waals surface area contributed by atoms with E-state index in [1.54, 1.807) is 0 Å². The van der Waals surface area contributed by atoms with E-state index in [2.05, 4.69) is 0 Å². The molecule has 1 aromatic carbocycles. The number of benzene rings is 1. The summed E-state index contributed by atoms with van der Waals surface area (Å²) in [4.78, 5) is -5.95. The van der Waals surface area contributed by atoms with Gasteiger partial charge in [-0.05, 0) is 24.0 Å². The fourth-order valence-electron chi connectivity index (χ4n) is 5.86. The van der Waals surface area contributed by atoms with Crippen molar-refractivity contribution in [2.75, 3.05) is 0 Å². The first-order valence-corrected chi connectivity index (χ1v) is 15.8. The van der Waals surface area contributed by atoms with E-state index in [9.17, 15) is 0 Å². The minimum Gasteiger partial charge on any atom is -0.120 e. The van der Waals surface area contributed by atoms with Crippen molar-refractivity contribution in [3.63, 3.8) is 0 Å². The Hall–Kier alpha value is 2.76. The van der Waals surface area contributed by atoms with Gasteiger partial charge >= 0.3 is 0 Å². The summed E-state index contributed by atoms with van der Waals surface area (Å²) in [6.45, 7) is 0. The van der Waals surface area contributed by atoms with E-state index in [1.165, 1.54) is 0 Å². The first-order chi connectivity index (χ1) is 16.4. The summed E-state index contributed by atoms with van der Waals surface area (Å²) >= 11 is 92.8. The van der Waals surface area contributed by atoms with E-state index in [-0.39, 0.29) is 20.1 Å². The molecule has 0 aromatic heterocycles. The predicted octanol–water partition coefficient (Wildman–Crippen LogP) is 10.9. The maximum absolute atomic E-state index is 6.91. The molecule has 4 bridgehead atoms. The van der Waals surface area contributed by atoms with Gasteiger partial charge in [-0.1, -0.05) is 117 Å². The Morgan fingerprint density at radius 1 is 0.472 bits per heavy atom. The number of fused-ring (bicyclic) bond motifs is 4. The highest BCUT2D eigenvalue weighted by molar-refractivity contribution is 6.68. The zero-order valence-electron chi connectivity index (χ0n) is 17.3. The zero-order chi connectivity index (χ0) is 27.0. The third kappa shape index (κ3) is 3.22. The van der Waals surface area contributed by atoms with Gasteiger partial charge in [-0.15, -0.1) is 69.6 Å². The Morgan fingerprint density at radius 2 is 0.722 bits per heavy atom. The minimum absolute atomic E-state index is 0.0634. The lowest BCUT2D eigenvalue weighted by Gasteiger charge is -2.34. The molecule has 0 saturated heterocycles. The van der Waals surface area contributed by atoms with Crippen molar-refractivity contribution in [1.29, 1.82) is 0 Å². The summed E-state index contributed by atoms with van der Waals surface area (Å²) in [5, 5.41) is -1.22. The number of hydrogen-bond donors (Lipinski definition) is 0. The molecule has 198 valence electrons. The molecule has 8 atom stereocenters. The average molecular weight is 773 g/mol. The molecule has 14 heteroatoms. The molecule has 2 fully saturated rings. The van der Waals surface area contributed by atoms with Crippen molar-refractivity contribution in [3.05, 3.63) is 55.5 Å². The molecule has 0 nitrogen and oxygen atoms in total. The molecule has 2 saturated carbocycles. The highest BCUT2D eigenvalue weighted by atomic mass is 35.5. The predicted molar refractivity (Wildman–Crippen MR) is 161 cm³/mol. The maximum atomic E-state index is 6.91. The standard InChI is InChI=1S/C22H12Cl14/c23-11-9(17(29)13(25)15(27)19(11,31)21(17,33)34)5-7-1-2-8(4-3-7)6-10-12(24)20(32)16(28)14(26)18(10,30)22(20,35)36/h1-4,9-12H,5-6H2. The van der Waals surface area contributed by atoms with Gasteiger partial charge in [-0.25, -0.2) is 0 Å². The van der Waals surface area contributed by atoms with Crippen LogP contribution in [-0.4, -0.2) is 38.9 Å². The zero-order valence-corrected chi connectivity index (χ0v) is 27.9. The van der Waals surface area contributed by atoms with E-state index >= 15 is 0 Å². The molecular formula is C22H12Cl14. The first-order valence-electron chi connectivity index (χ1n) is 10.4. The summed E-state index contributed by atoms with van der Waals surface area (Å²) in [7, 11) is 0. The Kier molecular flexibility index (Phi) is 7.67. The Bertz CT molecular complexity index is 1110. The Morgan fingerprint density at radius 3 is 0.972 bits per heavy atom. The topological polar surface area (TPSA) is 0 Å². The number of halogens is 14. The molecule has 36 heavy (non-hydrogen) atoms. The Balaban J connectivity index is 1.40. The van der Waals surface area contributed by atoms with E-state index in [1.807, 2.05) is 24.3 Å². The van der Waals surface area contributed by atoms with Crippen LogP contribution in [0.3, 0.4) is 0 Å². The van der Waals surface area contributed by atoms with Crippen molar-refractivity contribution in [2.24, 2.45) is 11.8 Å². The van der Waals surface area contributed by atoms with Crippen LogP contribution < -0.4 is 0 Å². The van der Waals surface area contributed by atoms with Gasteiger partial charge in [0, 0.05) is 11.8 Å². The van der Waals surface area contributed by atoms with E-state index in [4.69, 9.17) is 162 Å². The largest absolute Gasteiger partial charge is 0.168 e. The van der Waals surface area contributed by atoms with Gasteiger partial charge in [0.15, 0.2) is 8.67 Å². The SMILES string of the molecule is ClC1=C(Cl)C2(Cl)C(Cc3ccc(CC4C(Cl)C5(Cl)C(Cl)=C(Cl)C4(Cl)C5(Cl)Cl)cc3)C(Cl)C1(Cl)C2(Cl)Cl. The van der Waals surface area contributed by atoms with Crippen molar-refractivity contribution in [1.82, 2.24) is 0 Å². The molecule has 5 rings (SSSR count). The van der Waals surface area contributed by atoms with Crippen molar-refractivity contribution >= 4 is 162 Å². The van der Waals surface area contributed by atoms with E-state index < -0.39 is 50.8 Å². The highest BCUT2D eigenvalue weighted by Crippen LogP contribution is 2.77. The third-order valence-corrected chi connectivity index (χ3v) is 18.0. The van der Waals surface area contributed by atoms with Gasteiger partial charge in [0.25, 0.3) is 0 Å². The van der Waals surface area contributed by atoms with Crippen LogP contribution in [-0.2, 0) is 12.8 Å². The minimum atomic E-state index is -1.71. The van der Waals surface area contributed by atoms with Gasteiger partial charge in [-0.2, -0.15) is 0 Å². The molecule has 0 spiro atoms. The molecular weight excluding hydrogens is 761 g/mol. The number of alkyl halides is 10.